The number of ether oxygens (including phenoxy) is 1. The second-order valence-corrected chi connectivity index (χ2v) is 3.61. The van der Waals surface area contributed by atoms with Crippen LogP contribution in [0.1, 0.15) is 19.8 Å². The molecule has 0 N–H and O–H groups in total. The Balaban J connectivity index is 2.55. The molecule has 1 amide bonds. The third-order valence-corrected chi connectivity index (χ3v) is 2.63. The number of amides is 1. The second-order valence-electron chi connectivity index (χ2n) is 3.61. The zero-order valence-corrected chi connectivity index (χ0v) is 8.82. The molecule has 1 aliphatic heterocycles. The van der Waals surface area contributed by atoms with Crippen molar-refractivity contribution in [3.8, 4) is 12.3 Å². The number of hydrogen-bond donors (Lipinski definition) is 0. The molecule has 14 heavy (non-hydrogen) atoms. The molecule has 0 spiro atoms. The molecule has 2 atom stereocenters. The van der Waals surface area contributed by atoms with E-state index in [-0.39, 0.29) is 17.9 Å². The van der Waals surface area contributed by atoms with Crippen LogP contribution in [0.2, 0.25) is 0 Å². The Labute approximate surface area is 85.4 Å². The summed E-state index contributed by atoms with van der Waals surface area (Å²) in [7, 11) is 1.74. The molecule has 1 aliphatic rings. The molecule has 0 bridgehead atoms. The smallest absolute Gasteiger partial charge is 0.228 e. The van der Waals surface area contributed by atoms with Gasteiger partial charge in [-0.25, -0.2) is 0 Å². The number of nitrogens with zero attached hydrogens (tertiary/aromatic N) is 1. The molecule has 0 aromatic heterocycles. The van der Waals surface area contributed by atoms with Crippen LogP contribution in [0.5, 0.6) is 0 Å². The lowest BCUT2D eigenvalue weighted by atomic mass is 9.98. The predicted molar refractivity (Wildman–Crippen MR) is 54.6 cm³/mol. The fraction of sp³-hybridized carbons (Fsp3) is 0.727. The fourth-order valence-corrected chi connectivity index (χ4v) is 1.83. The first-order valence-electron chi connectivity index (χ1n) is 5.00. The van der Waals surface area contributed by atoms with E-state index in [0.29, 0.717) is 13.2 Å². The van der Waals surface area contributed by atoms with Crippen LogP contribution in [0.3, 0.4) is 0 Å². The van der Waals surface area contributed by atoms with Gasteiger partial charge in [0, 0.05) is 13.7 Å². The standard InChI is InChI=1S/C11H17NO2/c1-4-7-12(3)11(13)9-6-8-14-10(9)5-2/h1,9-10H,5-8H2,2-3H3. The summed E-state index contributed by atoms with van der Waals surface area (Å²) in [4.78, 5) is 13.5. The number of carbonyl (C=O) groups is 1. The van der Waals surface area contributed by atoms with Gasteiger partial charge in [0.05, 0.1) is 18.6 Å². The highest BCUT2D eigenvalue weighted by molar-refractivity contribution is 5.79. The molecule has 1 saturated heterocycles. The van der Waals surface area contributed by atoms with Gasteiger partial charge in [-0.15, -0.1) is 6.42 Å². The lowest BCUT2D eigenvalue weighted by molar-refractivity contribution is -0.135. The van der Waals surface area contributed by atoms with Crippen LogP contribution in [-0.2, 0) is 9.53 Å². The van der Waals surface area contributed by atoms with Crippen molar-refractivity contribution in [1.82, 2.24) is 4.90 Å². The summed E-state index contributed by atoms with van der Waals surface area (Å²) >= 11 is 0. The van der Waals surface area contributed by atoms with Gasteiger partial charge in [0.15, 0.2) is 0 Å². The SMILES string of the molecule is C#CCN(C)C(=O)C1CCOC1CC. The van der Waals surface area contributed by atoms with E-state index < -0.39 is 0 Å². The fourth-order valence-electron chi connectivity index (χ4n) is 1.83. The zero-order valence-electron chi connectivity index (χ0n) is 8.82. The number of terminal acetylenes is 1. The summed E-state index contributed by atoms with van der Waals surface area (Å²) in [5.74, 6) is 2.60. The van der Waals surface area contributed by atoms with Crippen molar-refractivity contribution < 1.29 is 9.53 Å². The van der Waals surface area contributed by atoms with Gasteiger partial charge in [0.1, 0.15) is 0 Å². The first-order valence-corrected chi connectivity index (χ1v) is 5.00. The predicted octanol–water partition coefficient (Wildman–Crippen LogP) is 0.893. The van der Waals surface area contributed by atoms with Crippen molar-refractivity contribution in [2.24, 2.45) is 5.92 Å². The van der Waals surface area contributed by atoms with Crippen molar-refractivity contribution >= 4 is 5.91 Å². The maximum Gasteiger partial charge on any atom is 0.228 e. The molecule has 2 unspecified atom stereocenters. The van der Waals surface area contributed by atoms with E-state index in [9.17, 15) is 4.79 Å². The molecule has 0 saturated carbocycles. The second kappa shape index (κ2) is 5.02. The summed E-state index contributed by atoms with van der Waals surface area (Å²) in [6.07, 6.45) is 6.96. The third kappa shape index (κ3) is 2.27. The first kappa shape index (κ1) is 11.1. The molecular weight excluding hydrogens is 178 g/mol. The molecule has 3 nitrogen and oxygen atoms in total. The van der Waals surface area contributed by atoms with Gasteiger partial charge >= 0.3 is 0 Å². The minimum Gasteiger partial charge on any atom is -0.377 e. The summed E-state index contributed by atoms with van der Waals surface area (Å²) < 4.78 is 5.47. The van der Waals surface area contributed by atoms with Crippen LogP contribution >= 0.6 is 0 Å². The molecule has 78 valence electrons. The first-order chi connectivity index (χ1) is 6.70. The lowest BCUT2D eigenvalue weighted by Crippen LogP contribution is -2.36. The molecule has 1 rings (SSSR count). The van der Waals surface area contributed by atoms with Gasteiger partial charge in [-0.3, -0.25) is 4.79 Å². The minimum atomic E-state index is 0.0124. The van der Waals surface area contributed by atoms with Crippen LogP contribution in [0, 0.1) is 18.3 Å². The van der Waals surface area contributed by atoms with E-state index in [2.05, 4.69) is 5.92 Å². The van der Waals surface area contributed by atoms with Gasteiger partial charge in [0.25, 0.3) is 0 Å². The van der Waals surface area contributed by atoms with E-state index in [1.165, 1.54) is 0 Å². The average molecular weight is 195 g/mol. The van der Waals surface area contributed by atoms with E-state index in [4.69, 9.17) is 11.2 Å². The van der Waals surface area contributed by atoms with E-state index in [1.807, 2.05) is 6.92 Å². The Hall–Kier alpha value is -1.01. The zero-order chi connectivity index (χ0) is 10.6. The largest absolute Gasteiger partial charge is 0.377 e. The Morgan fingerprint density at radius 3 is 3.00 bits per heavy atom. The Bertz CT molecular complexity index is 244. The normalized spacial score (nSPS) is 25.8. The monoisotopic (exact) mass is 195 g/mol. The Morgan fingerprint density at radius 1 is 1.71 bits per heavy atom. The summed E-state index contributed by atoms with van der Waals surface area (Å²) in [6.45, 7) is 3.11. The van der Waals surface area contributed by atoms with Crippen molar-refractivity contribution in [3.05, 3.63) is 0 Å². The van der Waals surface area contributed by atoms with Gasteiger partial charge in [-0.2, -0.15) is 0 Å². The van der Waals surface area contributed by atoms with Gasteiger partial charge in [-0.05, 0) is 12.8 Å². The third-order valence-electron chi connectivity index (χ3n) is 2.63. The van der Waals surface area contributed by atoms with Crippen LogP contribution < -0.4 is 0 Å². The van der Waals surface area contributed by atoms with Crippen LogP contribution in [0.25, 0.3) is 0 Å². The van der Waals surface area contributed by atoms with Crippen LogP contribution in [-0.4, -0.2) is 37.1 Å². The summed E-state index contributed by atoms with van der Waals surface area (Å²) in [6, 6.07) is 0. The number of rotatable bonds is 3. The van der Waals surface area contributed by atoms with E-state index in [0.717, 1.165) is 12.8 Å². The van der Waals surface area contributed by atoms with Crippen molar-refractivity contribution in [1.29, 1.82) is 0 Å². The highest BCUT2D eigenvalue weighted by Gasteiger charge is 2.34. The van der Waals surface area contributed by atoms with Crippen molar-refractivity contribution in [3.63, 3.8) is 0 Å². The molecule has 3 heteroatoms. The van der Waals surface area contributed by atoms with Crippen LogP contribution in [0.15, 0.2) is 0 Å². The van der Waals surface area contributed by atoms with Gasteiger partial charge in [0.2, 0.25) is 5.91 Å². The molecule has 0 aromatic carbocycles. The molecule has 0 radical (unpaired) electrons. The van der Waals surface area contributed by atoms with Gasteiger partial charge < -0.3 is 9.64 Å². The highest BCUT2D eigenvalue weighted by Crippen LogP contribution is 2.24. The Kier molecular flexibility index (Phi) is 3.97. The maximum absolute atomic E-state index is 11.9. The summed E-state index contributed by atoms with van der Waals surface area (Å²) in [5.41, 5.74) is 0. The minimum absolute atomic E-state index is 0.0124. The molecule has 0 aromatic rings. The van der Waals surface area contributed by atoms with Crippen molar-refractivity contribution in [2.75, 3.05) is 20.2 Å². The molecule has 1 fully saturated rings. The average Bonchev–Trinajstić information content (AvgIpc) is 2.64. The van der Waals surface area contributed by atoms with Gasteiger partial charge in [-0.1, -0.05) is 12.8 Å². The van der Waals surface area contributed by atoms with E-state index >= 15 is 0 Å². The number of carbonyl (C=O) groups excluding carboxylic acids is 1. The topological polar surface area (TPSA) is 29.5 Å². The lowest BCUT2D eigenvalue weighted by Gasteiger charge is -2.21. The molecular formula is C11H17NO2. The van der Waals surface area contributed by atoms with Crippen LogP contribution in [0.4, 0.5) is 0 Å². The highest BCUT2D eigenvalue weighted by atomic mass is 16.5. The van der Waals surface area contributed by atoms with Crippen molar-refractivity contribution in [2.45, 2.75) is 25.9 Å². The molecule has 1 heterocycles. The van der Waals surface area contributed by atoms with E-state index in [1.54, 1.807) is 11.9 Å². The molecule has 0 aliphatic carbocycles. The quantitative estimate of drug-likeness (QED) is 0.626. The Morgan fingerprint density at radius 2 is 2.43 bits per heavy atom. The number of hydrogen-bond acceptors (Lipinski definition) is 2. The maximum atomic E-state index is 11.9. The summed E-state index contributed by atoms with van der Waals surface area (Å²) in [5, 5.41) is 0.